The molecule has 11 aromatic rings. The first-order valence-electron chi connectivity index (χ1n) is 22.7. The van der Waals surface area contributed by atoms with Gasteiger partial charge in [0.15, 0.2) is 0 Å². The van der Waals surface area contributed by atoms with E-state index in [9.17, 15) is 0 Å². The molecule has 3 aliphatic rings. The molecule has 0 amide bonds. The molecule has 2 unspecified atom stereocenters. The third kappa shape index (κ3) is 5.22. The lowest BCUT2D eigenvalue weighted by molar-refractivity contribution is 0.638. The number of anilines is 2. The van der Waals surface area contributed by atoms with Gasteiger partial charge in [-0.2, -0.15) is 0 Å². The van der Waals surface area contributed by atoms with E-state index in [0.29, 0.717) is 5.92 Å². The van der Waals surface area contributed by atoms with Crippen molar-refractivity contribution >= 4 is 60.7 Å². The van der Waals surface area contributed by atoms with Crippen LogP contribution in [0.4, 0.5) is 11.4 Å². The fraction of sp³-hybridized carbons (Fsp3) is 0.0820. The van der Waals surface area contributed by atoms with Crippen LogP contribution in [0.3, 0.4) is 0 Å². The summed E-state index contributed by atoms with van der Waals surface area (Å²) in [6, 6.07) is 75.7. The highest BCUT2D eigenvalue weighted by Gasteiger charge is 2.65. The van der Waals surface area contributed by atoms with Crippen LogP contribution in [-0.2, 0) is 0 Å². The summed E-state index contributed by atoms with van der Waals surface area (Å²) < 4.78 is 8.83. The van der Waals surface area contributed by atoms with Gasteiger partial charge in [0.25, 0.3) is 0 Å². The van der Waals surface area contributed by atoms with Crippen LogP contribution in [0, 0.1) is 5.92 Å². The van der Waals surface area contributed by atoms with E-state index in [1.54, 1.807) is 0 Å². The molecule has 14 rings (SSSR count). The first-order chi connectivity index (χ1) is 31.7. The lowest BCUT2D eigenvalue weighted by Gasteiger charge is -2.31. The van der Waals surface area contributed by atoms with E-state index in [2.05, 4.69) is 216 Å². The summed E-state index contributed by atoms with van der Waals surface area (Å²) in [5, 5.41) is 4.85. The van der Waals surface area contributed by atoms with Gasteiger partial charge in [-0.15, -0.1) is 0 Å². The molecule has 2 aliphatic carbocycles. The number of rotatable bonds is 6. The second kappa shape index (κ2) is 13.6. The minimum absolute atomic E-state index is 0.0514. The fourth-order valence-electron chi connectivity index (χ4n) is 11.5. The molecule has 1 aliphatic heterocycles. The van der Waals surface area contributed by atoms with Gasteiger partial charge in [0.05, 0.1) is 16.6 Å². The molecule has 1 spiro atoms. The molecule has 3 nitrogen and oxygen atoms in total. The Morgan fingerprint density at radius 2 is 1.08 bits per heavy atom. The van der Waals surface area contributed by atoms with Gasteiger partial charge >= 0.3 is 0 Å². The predicted octanol–water partition coefficient (Wildman–Crippen LogP) is 16.4. The zero-order chi connectivity index (χ0) is 41.9. The zero-order valence-electron chi connectivity index (χ0n) is 35.2. The Kier molecular flexibility index (Phi) is 7.56. The molecule has 3 heteroatoms. The van der Waals surface area contributed by atoms with Crippen LogP contribution in [0.5, 0.6) is 0 Å². The molecule has 0 N–H and O–H groups in total. The second-order valence-electron chi connectivity index (χ2n) is 18.0. The summed E-state index contributed by atoms with van der Waals surface area (Å²) in [6.45, 7) is 0. The lowest BCUT2D eigenvalue weighted by atomic mass is 9.90. The summed E-state index contributed by atoms with van der Waals surface area (Å²) in [4.78, 5) is 2.67. The number of aromatic nitrogens is 1. The molecule has 3 heterocycles. The summed E-state index contributed by atoms with van der Waals surface area (Å²) >= 11 is 0. The number of hydrogen-bond acceptors (Lipinski definition) is 2. The van der Waals surface area contributed by atoms with E-state index in [1.165, 1.54) is 102 Å². The number of hydrogen-bond donors (Lipinski definition) is 0. The third-order valence-corrected chi connectivity index (χ3v) is 14.6. The maximum atomic E-state index is 6.42. The summed E-state index contributed by atoms with van der Waals surface area (Å²) in [5.74, 6) is 0.678. The first-order valence-corrected chi connectivity index (χ1v) is 22.7. The van der Waals surface area contributed by atoms with Crippen LogP contribution in [0.15, 0.2) is 217 Å². The van der Waals surface area contributed by atoms with Gasteiger partial charge in [-0.3, -0.25) is 0 Å². The third-order valence-electron chi connectivity index (χ3n) is 14.6. The lowest BCUT2D eigenvalue weighted by Crippen LogP contribution is -2.32. The summed E-state index contributed by atoms with van der Waals surface area (Å²) in [7, 11) is 0. The quantitative estimate of drug-likeness (QED) is 0.167. The number of nitrogens with zero attached hydrogens (tertiary/aromatic N) is 2. The van der Waals surface area contributed by atoms with Crippen molar-refractivity contribution in [1.29, 1.82) is 0 Å². The van der Waals surface area contributed by atoms with Crippen LogP contribution in [0.25, 0.3) is 99.5 Å². The van der Waals surface area contributed by atoms with Crippen molar-refractivity contribution < 1.29 is 4.42 Å². The van der Waals surface area contributed by atoms with E-state index < -0.39 is 0 Å². The average molecular weight is 819 g/mol. The molecule has 64 heavy (non-hydrogen) atoms. The van der Waals surface area contributed by atoms with Gasteiger partial charge in [0, 0.05) is 49.7 Å². The van der Waals surface area contributed by atoms with Gasteiger partial charge in [-0.05, 0) is 130 Å². The smallest absolute Gasteiger partial charge is 0.143 e. The van der Waals surface area contributed by atoms with Gasteiger partial charge in [0.2, 0.25) is 0 Å². The zero-order valence-corrected chi connectivity index (χ0v) is 35.2. The van der Waals surface area contributed by atoms with E-state index in [1.807, 2.05) is 6.07 Å². The Hall–Kier alpha value is -7.88. The Balaban J connectivity index is 0.790. The van der Waals surface area contributed by atoms with Crippen LogP contribution in [-0.4, -0.2) is 10.1 Å². The number of furan rings is 1. The Morgan fingerprint density at radius 1 is 0.438 bits per heavy atom. The minimum atomic E-state index is 0.0514. The molecule has 0 radical (unpaired) electrons. The highest BCUT2D eigenvalue weighted by molar-refractivity contribution is 6.11. The largest absolute Gasteiger partial charge is 0.455 e. The Bertz CT molecular complexity index is 3700. The molecule has 1 fully saturated rings. The van der Waals surface area contributed by atoms with E-state index in [0.717, 1.165) is 33.9 Å². The van der Waals surface area contributed by atoms with Crippen molar-refractivity contribution in [3.8, 4) is 50.2 Å². The summed E-state index contributed by atoms with van der Waals surface area (Å²) in [6.07, 6.45) is 6.15. The molecular weight excluding hydrogens is 777 g/mol. The maximum Gasteiger partial charge on any atom is 0.143 e. The molecular formula is C61H42N2O. The van der Waals surface area contributed by atoms with Crippen molar-refractivity contribution in [1.82, 2.24) is 4.57 Å². The molecule has 0 bridgehead atoms. The molecule has 2 aromatic heterocycles. The molecule has 1 saturated carbocycles. The van der Waals surface area contributed by atoms with Crippen LogP contribution in [0.2, 0.25) is 0 Å². The van der Waals surface area contributed by atoms with Gasteiger partial charge < -0.3 is 13.9 Å². The van der Waals surface area contributed by atoms with Crippen molar-refractivity contribution in [2.24, 2.45) is 5.92 Å². The molecule has 9 aromatic carbocycles. The number of benzene rings is 9. The Morgan fingerprint density at radius 3 is 1.94 bits per heavy atom. The van der Waals surface area contributed by atoms with Gasteiger partial charge in [-0.1, -0.05) is 152 Å². The topological polar surface area (TPSA) is 21.3 Å². The number of allylic oxidation sites excluding steroid dienone is 1. The van der Waals surface area contributed by atoms with Gasteiger partial charge in [-0.25, -0.2) is 0 Å². The predicted molar refractivity (Wildman–Crippen MR) is 266 cm³/mol. The normalized spacial score (nSPS) is 17.5. The fourth-order valence-corrected chi connectivity index (χ4v) is 11.5. The average Bonchev–Trinajstić information content (AvgIpc) is 3.70. The van der Waals surface area contributed by atoms with Crippen LogP contribution >= 0.6 is 0 Å². The van der Waals surface area contributed by atoms with E-state index >= 15 is 0 Å². The highest BCUT2D eigenvalue weighted by Crippen LogP contribution is 2.69. The van der Waals surface area contributed by atoms with Crippen LogP contribution < -0.4 is 4.90 Å². The summed E-state index contributed by atoms with van der Waals surface area (Å²) in [5.41, 5.74) is 20.7. The van der Waals surface area contributed by atoms with Crippen molar-refractivity contribution in [2.75, 3.05) is 4.90 Å². The monoisotopic (exact) mass is 818 g/mol. The van der Waals surface area contributed by atoms with Gasteiger partial charge in [0.1, 0.15) is 11.2 Å². The highest BCUT2D eigenvalue weighted by atomic mass is 16.3. The van der Waals surface area contributed by atoms with Crippen LogP contribution in [0.1, 0.15) is 24.8 Å². The second-order valence-corrected chi connectivity index (χ2v) is 18.0. The number of para-hydroxylation sites is 3. The van der Waals surface area contributed by atoms with E-state index in [-0.39, 0.29) is 5.54 Å². The van der Waals surface area contributed by atoms with Crippen molar-refractivity contribution in [3.63, 3.8) is 0 Å². The molecule has 0 saturated heterocycles. The number of fused-ring (bicyclic) bond motifs is 8. The standard InChI is InChI=1S/C61H42N2O/c1-2-11-39(12-3-1)43-13-8-15-48(35-43)62-56-21-6-4-16-50(56)53-36-44(29-33-57(53)62)40-23-25-41(26-24-40)45-30-34-58-54(37-45)55-20-9-14-46-38-61(46,55)63(58)47-31-27-42(28-32-47)49-18-10-19-52-51-17-5-7-22-59(51)64-60(49)52/h1-8,10-13,15-37,46H,9,14,38H2. The van der Waals surface area contributed by atoms with E-state index in [4.69, 9.17) is 4.42 Å². The van der Waals surface area contributed by atoms with Crippen molar-refractivity contribution in [3.05, 3.63) is 218 Å². The molecule has 302 valence electrons. The minimum Gasteiger partial charge on any atom is -0.455 e. The maximum absolute atomic E-state index is 6.42. The molecule has 2 atom stereocenters. The SMILES string of the molecule is C1=C2c3cc(-c4ccc(-c5ccc6c(c5)c5ccccc5n6-c5cccc(-c6ccccc6)c5)cc4)ccc3N(c3ccc(-c4cccc5c4oc4ccccc45)cc3)C23CC3CC1. The van der Waals surface area contributed by atoms with Crippen molar-refractivity contribution in [2.45, 2.75) is 24.8 Å². The first kappa shape index (κ1) is 35.7. The Labute approximate surface area is 371 Å².